The molecule has 0 saturated carbocycles. The first-order valence-corrected chi connectivity index (χ1v) is 11.6. The molecule has 1 amide bonds. The maximum atomic E-state index is 12.9. The van der Waals surface area contributed by atoms with Crippen LogP contribution in [0, 0.1) is 5.92 Å². The number of halogens is 2. The van der Waals surface area contributed by atoms with Gasteiger partial charge in [-0.25, -0.2) is 8.42 Å². The van der Waals surface area contributed by atoms with Crippen molar-refractivity contribution < 1.29 is 13.2 Å². The minimum absolute atomic E-state index is 0.0596. The molecule has 1 aliphatic rings. The first-order chi connectivity index (χ1) is 13.3. The van der Waals surface area contributed by atoms with Crippen molar-refractivity contribution in [1.82, 2.24) is 9.21 Å². The largest absolute Gasteiger partial charge is 0.341 e. The molecule has 2 aromatic carbocycles. The van der Waals surface area contributed by atoms with Gasteiger partial charge in [0.15, 0.2) is 0 Å². The second kappa shape index (κ2) is 8.95. The van der Waals surface area contributed by atoms with Crippen molar-refractivity contribution in [3.63, 3.8) is 0 Å². The van der Waals surface area contributed by atoms with Crippen molar-refractivity contribution in [1.29, 1.82) is 0 Å². The van der Waals surface area contributed by atoms with Crippen LogP contribution < -0.4 is 0 Å². The van der Waals surface area contributed by atoms with Crippen LogP contribution in [-0.4, -0.2) is 43.7 Å². The summed E-state index contributed by atoms with van der Waals surface area (Å²) in [6.45, 7) is 1.02. The minimum Gasteiger partial charge on any atom is -0.341 e. The molecule has 0 spiro atoms. The summed E-state index contributed by atoms with van der Waals surface area (Å²) >= 11 is 9.51. The third kappa shape index (κ3) is 4.76. The quantitative estimate of drug-likeness (QED) is 0.639. The fourth-order valence-corrected chi connectivity index (χ4v) is 5.37. The van der Waals surface area contributed by atoms with Crippen LogP contribution in [-0.2, 0) is 21.4 Å². The lowest BCUT2D eigenvalue weighted by atomic mass is 9.98. The minimum atomic E-state index is -3.62. The maximum Gasteiger partial charge on any atom is 0.243 e. The van der Waals surface area contributed by atoms with E-state index in [1.165, 1.54) is 4.31 Å². The van der Waals surface area contributed by atoms with E-state index in [4.69, 9.17) is 11.6 Å². The molecule has 150 valence electrons. The molecule has 0 radical (unpaired) electrons. The van der Waals surface area contributed by atoms with Crippen LogP contribution in [0.1, 0.15) is 18.4 Å². The van der Waals surface area contributed by atoms with Crippen molar-refractivity contribution in [2.75, 3.05) is 20.1 Å². The number of carbonyl (C=O) groups excluding carboxylic acids is 1. The normalized spacial score (nSPS) is 18.0. The molecule has 0 aromatic heterocycles. The van der Waals surface area contributed by atoms with Crippen molar-refractivity contribution in [2.45, 2.75) is 24.3 Å². The molecule has 8 heteroatoms. The molecule has 1 aliphatic heterocycles. The Balaban J connectivity index is 1.71. The molecule has 28 heavy (non-hydrogen) atoms. The van der Waals surface area contributed by atoms with Gasteiger partial charge in [-0.1, -0.05) is 45.7 Å². The van der Waals surface area contributed by atoms with Crippen molar-refractivity contribution in [3.05, 3.63) is 63.6 Å². The molecule has 1 unspecified atom stereocenters. The summed E-state index contributed by atoms with van der Waals surface area (Å²) in [5.41, 5.74) is 0.871. The van der Waals surface area contributed by atoms with Crippen LogP contribution in [0.4, 0.5) is 0 Å². The molecule has 0 aliphatic carbocycles. The number of piperidine rings is 1. The van der Waals surface area contributed by atoms with Crippen LogP contribution in [0.3, 0.4) is 0 Å². The van der Waals surface area contributed by atoms with Crippen LogP contribution in [0.5, 0.6) is 0 Å². The number of carbonyl (C=O) groups is 1. The predicted octanol–water partition coefficient (Wildman–Crippen LogP) is 4.16. The van der Waals surface area contributed by atoms with E-state index in [-0.39, 0.29) is 23.3 Å². The Hall–Kier alpha value is -1.41. The van der Waals surface area contributed by atoms with E-state index in [9.17, 15) is 13.2 Å². The fraction of sp³-hybridized carbons (Fsp3) is 0.350. The van der Waals surface area contributed by atoms with Crippen LogP contribution in [0.15, 0.2) is 57.9 Å². The van der Waals surface area contributed by atoms with Gasteiger partial charge in [-0.15, -0.1) is 0 Å². The highest BCUT2D eigenvalue weighted by Gasteiger charge is 2.34. The lowest BCUT2D eigenvalue weighted by Crippen LogP contribution is -2.45. The first-order valence-electron chi connectivity index (χ1n) is 9.03. The molecule has 1 atom stereocenters. The Kier molecular flexibility index (Phi) is 6.81. The van der Waals surface area contributed by atoms with E-state index in [0.29, 0.717) is 31.0 Å². The summed E-state index contributed by atoms with van der Waals surface area (Å²) < 4.78 is 28.1. The Labute approximate surface area is 179 Å². The summed E-state index contributed by atoms with van der Waals surface area (Å²) in [7, 11) is -1.89. The van der Waals surface area contributed by atoms with Gasteiger partial charge in [0.25, 0.3) is 0 Å². The second-order valence-electron chi connectivity index (χ2n) is 6.94. The molecule has 0 N–H and O–H groups in total. The molecule has 2 aromatic rings. The van der Waals surface area contributed by atoms with Crippen molar-refractivity contribution in [2.24, 2.45) is 5.92 Å². The van der Waals surface area contributed by atoms with Gasteiger partial charge in [-0.05, 0) is 48.7 Å². The molecule has 1 heterocycles. The summed E-state index contributed by atoms with van der Waals surface area (Å²) in [6, 6.07) is 14.0. The number of rotatable bonds is 5. The number of hydrogen-bond donors (Lipinski definition) is 0. The lowest BCUT2D eigenvalue weighted by Gasteiger charge is -2.33. The van der Waals surface area contributed by atoms with E-state index in [2.05, 4.69) is 15.9 Å². The number of hydrogen-bond acceptors (Lipinski definition) is 3. The maximum absolute atomic E-state index is 12.9. The summed E-state index contributed by atoms with van der Waals surface area (Å²) in [5.74, 6) is -0.415. The Bertz CT molecular complexity index is 950. The van der Waals surface area contributed by atoms with Gasteiger partial charge in [-0.3, -0.25) is 4.79 Å². The van der Waals surface area contributed by atoms with Gasteiger partial charge >= 0.3 is 0 Å². The van der Waals surface area contributed by atoms with Crippen LogP contribution >= 0.6 is 27.5 Å². The van der Waals surface area contributed by atoms with E-state index in [1.807, 2.05) is 18.2 Å². The highest BCUT2D eigenvalue weighted by atomic mass is 79.9. The van der Waals surface area contributed by atoms with Crippen molar-refractivity contribution >= 4 is 43.5 Å². The number of nitrogens with zero attached hydrogens (tertiary/aromatic N) is 2. The zero-order valence-corrected chi connectivity index (χ0v) is 18.7. The third-order valence-electron chi connectivity index (χ3n) is 4.93. The topological polar surface area (TPSA) is 57.7 Å². The Morgan fingerprint density at radius 1 is 1.21 bits per heavy atom. The van der Waals surface area contributed by atoms with Gasteiger partial charge in [0.05, 0.1) is 10.8 Å². The number of amides is 1. The standard InChI is InChI=1S/C20H22BrClN2O3S/c1-23(13-15-5-2-3-7-19(15)22)20(25)16-6-4-12-24(14-16)28(26,27)18-10-8-17(21)9-11-18/h2-3,5,7-11,16H,4,6,12-14H2,1H3. The average molecular weight is 486 g/mol. The Morgan fingerprint density at radius 2 is 1.89 bits per heavy atom. The average Bonchev–Trinajstić information content (AvgIpc) is 2.69. The zero-order valence-electron chi connectivity index (χ0n) is 15.5. The highest BCUT2D eigenvalue weighted by molar-refractivity contribution is 9.10. The second-order valence-corrected chi connectivity index (χ2v) is 10.2. The summed E-state index contributed by atoms with van der Waals surface area (Å²) in [4.78, 5) is 14.8. The molecular formula is C20H22BrClN2O3S. The van der Waals surface area contributed by atoms with Crippen LogP contribution in [0.25, 0.3) is 0 Å². The molecule has 5 nitrogen and oxygen atoms in total. The molecular weight excluding hydrogens is 464 g/mol. The van der Waals surface area contributed by atoms with E-state index < -0.39 is 10.0 Å². The smallest absolute Gasteiger partial charge is 0.243 e. The summed E-state index contributed by atoms with van der Waals surface area (Å²) in [6.07, 6.45) is 1.34. The first kappa shape index (κ1) is 21.3. The van der Waals surface area contributed by atoms with Crippen LogP contribution in [0.2, 0.25) is 5.02 Å². The third-order valence-corrected chi connectivity index (χ3v) is 7.70. The number of sulfonamides is 1. The van der Waals surface area contributed by atoms with Crippen molar-refractivity contribution in [3.8, 4) is 0 Å². The number of benzene rings is 2. The molecule has 3 rings (SSSR count). The Morgan fingerprint density at radius 3 is 2.57 bits per heavy atom. The lowest BCUT2D eigenvalue weighted by molar-refractivity contribution is -0.135. The SMILES string of the molecule is CN(Cc1ccccc1Cl)C(=O)C1CCCN(S(=O)(=O)c2ccc(Br)cc2)C1. The monoisotopic (exact) mass is 484 g/mol. The van der Waals surface area contributed by atoms with Gasteiger partial charge < -0.3 is 4.90 Å². The summed E-state index contributed by atoms with van der Waals surface area (Å²) in [5, 5.41) is 0.616. The zero-order chi connectivity index (χ0) is 20.3. The molecule has 0 bridgehead atoms. The highest BCUT2D eigenvalue weighted by Crippen LogP contribution is 2.26. The predicted molar refractivity (Wildman–Crippen MR) is 114 cm³/mol. The molecule has 1 saturated heterocycles. The van der Waals surface area contributed by atoms with Gasteiger partial charge in [0.1, 0.15) is 0 Å². The molecule has 1 fully saturated rings. The van der Waals surface area contributed by atoms with E-state index >= 15 is 0 Å². The van der Waals surface area contributed by atoms with Gasteiger partial charge in [0, 0.05) is 36.2 Å². The van der Waals surface area contributed by atoms with E-state index in [1.54, 1.807) is 42.3 Å². The van der Waals surface area contributed by atoms with Gasteiger partial charge in [0.2, 0.25) is 15.9 Å². The fourth-order valence-electron chi connectivity index (χ4n) is 3.39. The van der Waals surface area contributed by atoms with Gasteiger partial charge in [-0.2, -0.15) is 4.31 Å². The van der Waals surface area contributed by atoms with E-state index in [0.717, 1.165) is 10.0 Å².